The quantitative estimate of drug-likeness (QED) is 0.334. The number of ether oxygens (including phenoxy) is 3. The molecule has 13 heteroatoms. The summed E-state index contributed by atoms with van der Waals surface area (Å²) in [5.41, 5.74) is 1.05. The van der Waals surface area contributed by atoms with Crippen molar-refractivity contribution in [2.24, 2.45) is 5.92 Å². The van der Waals surface area contributed by atoms with Crippen molar-refractivity contribution >= 4 is 27.5 Å². The first-order chi connectivity index (χ1) is 22.9. The van der Waals surface area contributed by atoms with Crippen molar-refractivity contribution in [1.29, 1.82) is 0 Å². The monoisotopic (exact) mass is 682 g/mol. The van der Waals surface area contributed by atoms with Gasteiger partial charge in [-0.15, -0.1) is 0 Å². The molecule has 48 heavy (non-hydrogen) atoms. The Hall–Kier alpha value is -4.04. The van der Waals surface area contributed by atoms with Crippen LogP contribution >= 0.6 is 0 Å². The molecule has 3 aromatic rings. The normalized spacial score (nSPS) is 20.3. The highest BCUT2D eigenvalue weighted by molar-refractivity contribution is 7.89. The number of carbonyl (C=O) groups is 2. The number of carbonyl (C=O) groups excluding carboxylic acids is 2. The number of nitrogens with zero attached hydrogens (tertiary/aromatic N) is 3. The second kappa shape index (κ2) is 16.9. The van der Waals surface area contributed by atoms with Crippen LogP contribution in [-0.4, -0.2) is 98.2 Å². The number of benzene rings is 2. The number of likely N-dealkylation sites (N-methyl/N-ethyl adjacent to an activating group) is 1. The predicted octanol–water partition coefficient (Wildman–Crippen LogP) is 4.46. The van der Waals surface area contributed by atoms with Crippen molar-refractivity contribution in [3.63, 3.8) is 0 Å². The number of aliphatic hydroxyl groups is 1. The number of aliphatic hydroxyl groups excluding tert-OH is 1. The lowest BCUT2D eigenvalue weighted by molar-refractivity contribution is -0.00834. The van der Waals surface area contributed by atoms with Crippen LogP contribution in [0.15, 0.2) is 71.9 Å². The van der Waals surface area contributed by atoms with Crippen LogP contribution in [0.3, 0.4) is 0 Å². The molecule has 2 heterocycles. The van der Waals surface area contributed by atoms with Crippen molar-refractivity contribution in [2.45, 2.75) is 63.2 Å². The Labute approximate surface area is 283 Å². The molecule has 0 saturated heterocycles. The maximum absolute atomic E-state index is 14.3. The largest absolute Gasteiger partial charge is 0.497 e. The molecular formula is C35H46N4O8S. The minimum absolute atomic E-state index is 0.0480. The average molecular weight is 683 g/mol. The second-order valence-corrected chi connectivity index (χ2v) is 14.2. The maximum atomic E-state index is 14.3. The summed E-state index contributed by atoms with van der Waals surface area (Å²) in [4.78, 5) is 32.9. The molecule has 0 bridgehead atoms. The van der Waals surface area contributed by atoms with Crippen LogP contribution in [0, 0.1) is 5.92 Å². The van der Waals surface area contributed by atoms with E-state index in [1.54, 1.807) is 54.3 Å². The van der Waals surface area contributed by atoms with Crippen molar-refractivity contribution < 1.29 is 37.3 Å². The molecule has 260 valence electrons. The molecule has 0 unspecified atom stereocenters. The van der Waals surface area contributed by atoms with Gasteiger partial charge in [-0.2, -0.15) is 4.31 Å². The van der Waals surface area contributed by atoms with Gasteiger partial charge in [0.05, 0.1) is 42.4 Å². The molecule has 2 N–H and O–H groups in total. The highest BCUT2D eigenvalue weighted by atomic mass is 32.2. The lowest BCUT2D eigenvalue weighted by Crippen LogP contribution is -2.48. The lowest BCUT2D eigenvalue weighted by atomic mass is 10.0. The zero-order valence-electron chi connectivity index (χ0n) is 28.2. The van der Waals surface area contributed by atoms with E-state index in [1.165, 1.54) is 43.0 Å². The number of rotatable bonds is 9. The third-order valence-corrected chi connectivity index (χ3v) is 10.3. The van der Waals surface area contributed by atoms with Gasteiger partial charge < -0.3 is 29.5 Å². The number of anilines is 1. The SMILES string of the molecule is COc1ccc(S(=O)(=O)N(C)C[C@@H]2OCCCC[C@@H](C)Oc3ccc(NC(=O)c4ccncc4)cc3C(=O)N([C@H](C)CO)C[C@@H]2C)cc1. The molecule has 4 rings (SSSR count). The first kappa shape index (κ1) is 36.8. The summed E-state index contributed by atoms with van der Waals surface area (Å²) >= 11 is 0. The van der Waals surface area contributed by atoms with Gasteiger partial charge in [0.2, 0.25) is 10.0 Å². The molecule has 0 spiro atoms. The van der Waals surface area contributed by atoms with Gasteiger partial charge in [0.15, 0.2) is 0 Å². The van der Waals surface area contributed by atoms with Gasteiger partial charge in [-0.3, -0.25) is 14.6 Å². The van der Waals surface area contributed by atoms with Crippen molar-refractivity contribution in [3.05, 3.63) is 78.1 Å². The number of sulfonamides is 1. The Morgan fingerprint density at radius 1 is 1.12 bits per heavy atom. The van der Waals surface area contributed by atoms with Crippen molar-refractivity contribution in [3.8, 4) is 11.5 Å². The van der Waals surface area contributed by atoms with E-state index in [0.717, 1.165) is 12.8 Å². The minimum atomic E-state index is -3.85. The average Bonchev–Trinajstić information content (AvgIpc) is 3.09. The molecule has 2 aromatic carbocycles. The highest BCUT2D eigenvalue weighted by Crippen LogP contribution is 2.29. The van der Waals surface area contributed by atoms with Gasteiger partial charge in [-0.1, -0.05) is 6.92 Å². The fourth-order valence-electron chi connectivity index (χ4n) is 5.45. The Kier molecular flexibility index (Phi) is 12.9. The van der Waals surface area contributed by atoms with Crippen molar-refractivity contribution in [1.82, 2.24) is 14.2 Å². The topological polar surface area (TPSA) is 148 Å². The van der Waals surface area contributed by atoms with E-state index < -0.39 is 28.1 Å². The van der Waals surface area contributed by atoms with Crippen LogP contribution < -0.4 is 14.8 Å². The summed E-state index contributed by atoms with van der Waals surface area (Å²) in [5.74, 6) is -0.180. The number of aromatic nitrogens is 1. The number of pyridine rings is 1. The maximum Gasteiger partial charge on any atom is 0.258 e. The van der Waals surface area contributed by atoms with E-state index >= 15 is 0 Å². The number of amides is 2. The molecule has 1 aliphatic heterocycles. The molecule has 0 fully saturated rings. The third kappa shape index (κ3) is 9.31. The van der Waals surface area contributed by atoms with Gasteiger partial charge in [0.1, 0.15) is 11.5 Å². The summed E-state index contributed by atoms with van der Waals surface area (Å²) in [6, 6.07) is 13.7. The minimum Gasteiger partial charge on any atom is -0.497 e. The van der Waals surface area contributed by atoms with Crippen LogP contribution in [-0.2, 0) is 14.8 Å². The molecule has 0 saturated carbocycles. The van der Waals surface area contributed by atoms with E-state index in [-0.39, 0.29) is 48.1 Å². The number of hydrogen-bond acceptors (Lipinski definition) is 9. The molecular weight excluding hydrogens is 636 g/mol. The number of nitrogens with one attached hydrogen (secondary N) is 1. The van der Waals surface area contributed by atoms with Crippen LogP contribution in [0.2, 0.25) is 0 Å². The van der Waals surface area contributed by atoms with E-state index in [4.69, 9.17) is 14.2 Å². The summed E-state index contributed by atoms with van der Waals surface area (Å²) in [5, 5.41) is 13.1. The fraction of sp³-hybridized carbons (Fsp3) is 0.457. The van der Waals surface area contributed by atoms with Gasteiger partial charge in [0.25, 0.3) is 11.8 Å². The van der Waals surface area contributed by atoms with Gasteiger partial charge in [-0.25, -0.2) is 8.42 Å². The standard InChI is InChI=1S/C35H46N4O8S/c1-24-21-39(25(2)23-40)35(42)31-20-28(37-34(41)27-15-17-36-18-16-27)9-14-32(31)47-26(3)8-6-7-19-46-33(24)22-38(4)48(43,44)30-12-10-29(45-5)11-13-30/h9-18,20,24-26,33,40H,6-8,19,21-23H2,1-5H3,(H,37,41)/t24-,25+,26+,33-/m0/s1. The highest BCUT2D eigenvalue weighted by Gasteiger charge is 2.32. The van der Waals surface area contributed by atoms with Crippen LogP contribution in [0.25, 0.3) is 0 Å². The first-order valence-electron chi connectivity index (χ1n) is 16.1. The summed E-state index contributed by atoms with van der Waals surface area (Å²) < 4.78 is 46.0. The first-order valence-corrected chi connectivity index (χ1v) is 17.5. The number of methoxy groups -OCH3 is 1. The van der Waals surface area contributed by atoms with E-state index in [0.29, 0.717) is 35.8 Å². The van der Waals surface area contributed by atoms with Crippen molar-refractivity contribution in [2.75, 3.05) is 45.8 Å². The molecule has 4 atom stereocenters. The Morgan fingerprint density at radius 3 is 2.50 bits per heavy atom. The predicted molar refractivity (Wildman–Crippen MR) is 182 cm³/mol. The molecule has 2 amide bonds. The summed E-state index contributed by atoms with van der Waals surface area (Å²) in [6.07, 6.45) is 4.47. The molecule has 0 radical (unpaired) electrons. The van der Waals surface area contributed by atoms with Gasteiger partial charge in [-0.05, 0) is 87.7 Å². The third-order valence-electron chi connectivity index (χ3n) is 8.46. The van der Waals surface area contributed by atoms with Gasteiger partial charge >= 0.3 is 0 Å². The summed E-state index contributed by atoms with van der Waals surface area (Å²) in [6.45, 7) is 5.87. The zero-order valence-corrected chi connectivity index (χ0v) is 29.0. The molecule has 0 aliphatic carbocycles. The van der Waals surface area contributed by atoms with E-state index in [1.807, 2.05) is 13.8 Å². The smallest absolute Gasteiger partial charge is 0.258 e. The number of fused-ring (bicyclic) bond motifs is 1. The Balaban J connectivity index is 1.64. The van der Waals surface area contributed by atoms with Crippen LogP contribution in [0.5, 0.6) is 11.5 Å². The molecule has 12 nitrogen and oxygen atoms in total. The van der Waals surface area contributed by atoms with Crippen LogP contribution in [0.4, 0.5) is 5.69 Å². The Bertz CT molecular complexity index is 1620. The number of hydrogen-bond donors (Lipinski definition) is 2. The Morgan fingerprint density at radius 2 is 1.83 bits per heavy atom. The van der Waals surface area contributed by atoms with Crippen LogP contribution in [0.1, 0.15) is 60.7 Å². The second-order valence-electron chi connectivity index (χ2n) is 12.2. The summed E-state index contributed by atoms with van der Waals surface area (Å²) in [7, 11) is -0.827. The zero-order chi connectivity index (χ0) is 34.8. The van der Waals surface area contributed by atoms with E-state index in [2.05, 4.69) is 10.3 Å². The fourth-order valence-corrected chi connectivity index (χ4v) is 6.63. The lowest BCUT2D eigenvalue weighted by Gasteiger charge is -2.35. The molecule has 1 aromatic heterocycles. The van der Waals surface area contributed by atoms with Gasteiger partial charge in [0, 0.05) is 56.3 Å². The molecule has 1 aliphatic rings. The van der Waals surface area contributed by atoms with E-state index in [9.17, 15) is 23.1 Å².